The summed E-state index contributed by atoms with van der Waals surface area (Å²) in [5.74, 6) is -1.36. The molecule has 0 radical (unpaired) electrons. The summed E-state index contributed by atoms with van der Waals surface area (Å²) < 4.78 is 0. The molecule has 0 saturated heterocycles. The topological polar surface area (TPSA) is 109 Å². The molecule has 0 heterocycles. The fourth-order valence-corrected chi connectivity index (χ4v) is 3.17. The fraction of sp³-hybridized carbons (Fsp3) is 0.316. The number of aliphatic carboxylic acids is 1. The standard InChI is InChI=1S/C19H22N2O4S/c1-26-12-9-15(20)16(22)19(18(24)25)10-7-14(8-11-19)21-17(23)13-5-3-2-4-6-13/h2-8,10,15H,9,11-12,20H2,1H3,(H,21,23)(H,24,25)/t15-,19?/m0/s1. The van der Waals surface area contributed by atoms with E-state index < -0.39 is 23.2 Å². The lowest BCUT2D eigenvalue weighted by molar-refractivity contribution is -0.152. The third-order valence-electron chi connectivity index (χ3n) is 4.28. The summed E-state index contributed by atoms with van der Waals surface area (Å²) in [6, 6.07) is 7.84. The number of allylic oxidation sites excluding steroid dienone is 2. The molecular formula is C19H22N2O4S. The Labute approximate surface area is 156 Å². The Kier molecular flexibility index (Phi) is 6.76. The van der Waals surface area contributed by atoms with E-state index in [1.807, 2.05) is 12.3 Å². The van der Waals surface area contributed by atoms with Crippen molar-refractivity contribution in [3.63, 3.8) is 0 Å². The monoisotopic (exact) mass is 374 g/mol. The second kappa shape index (κ2) is 8.82. The Morgan fingerprint density at radius 2 is 2.00 bits per heavy atom. The summed E-state index contributed by atoms with van der Waals surface area (Å²) in [4.78, 5) is 36.6. The molecule has 26 heavy (non-hydrogen) atoms. The van der Waals surface area contributed by atoms with Crippen LogP contribution in [0.3, 0.4) is 0 Å². The smallest absolute Gasteiger partial charge is 0.321 e. The SMILES string of the molecule is CSCC[C@H](N)C(=O)C1(C(=O)O)C=CC(NC(=O)c2ccccc2)=CC1. The highest BCUT2D eigenvalue weighted by atomic mass is 32.2. The van der Waals surface area contributed by atoms with Gasteiger partial charge in [-0.15, -0.1) is 0 Å². The van der Waals surface area contributed by atoms with Crippen LogP contribution in [-0.2, 0) is 9.59 Å². The van der Waals surface area contributed by atoms with Crippen molar-refractivity contribution in [1.29, 1.82) is 0 Å². The van der Waals surface area contributed by atoms with Gasteiger partial charge in [0.25, 0.3) is 5.91 Å². The van der Waals surface area contributed by atoms with Gasteiger partial charge in [-0.25, -0.2) is 0 Å². The first kappa shape index (κ1) is 19.9. The molecule has 0 saturated carbocycles. The van der Waals surface area contributed by atoms with Gasteiger partial charge < -0.3 is 16.2 Å². The zero-order valence-corrected chi connectivity index (χ0v) is 15.3. The molecule has 0 aromatic heterocycles. The maximum atomic E-state index is 12.6. The number of hydrogen-bond donors (Lipinski definition) is 3. The Morgan fingerprint density at radius 1 is 1.31 bits per heavy atom. The number of hydrogen-bond acceptors (Lipinski definition) is 5. The molecule has 1 unspecified atom stereocenters. The number of carbonyl (C=O) groups is 3. The largest absolute Gasteiger partial charge is 0.480 e. The normalized spacial score (nSPS) is 20.2. The van der Waals surface area contributed by atoms with Gasteiger partial charge in [0.15, 0.2) is 5.78 Å². The van der Waals surface area contributed by atoms with Crippen LogP contribution >= 0.6 is 11.8 Å². The summed E-state index contributed by atoms with van der Waals surface area (Å²) in [6.45, 7) is 0. The number of amides is 1. The fourth-order valence-electron chi connectivity index (χ4n) is 2.68. The summed E-state index contributed by atoms with van der Waals surface area (Å²) in [6.07, 6.45) is 6.61. The molecule has 0 aliphatic heterocycles. The lowest BCUT2D eigenvalue weighted by Gasteiger charge is -2.29. The third kappa shape index (κ3) is 4.42. The summed E-state index contributed by atoms with van der Waals surface area (Å²) in [5.41, 5.74) is 5.17. The zero-order chi connectivity index (χ0) is 19.2. The number of nitrogens with one attached hydrogen (secondary N) is 1. The Balaban J connectivity index is 2.11. The van der Waals surface area contributed by atoms with Crippen LogP contribution in [-0.4, -0.2) is 40.8 Å². The second-order valence-corrected chi connectivity index (χ2v) is 7.03. The van der Waals surface area contributed by atoms with Crippen molar-refractivity contribution in [3.8, 4) is 0 Å². The summed E-state index contributed by atoms with van der Waals surface area (Å²) in [5, 5.41) is 12.3. The molecule has 0 spiro atoms. The number of Topliss-reactive ketones (excluding diaryl/α,β-unsaturated/α-hetero) is 1. The van der Waals surface area contributed by atoms with Crippen LogP contribution in [0.15, 0.2) is 54.3 Å². The summed E-state index contributed by atoms with van der Waals surface area (Å²) in [7, 11) is 0. The number of rotatable bonds is 8. The van der Waals surface area contributed by atoms with E-state index in [9.17, 15) is 19.5 Å². The maximum Gasteiger partial charge on any atom is 0.321 e. The molecule has 7 heteroatoms. The van der Waals surface area contributed by atoms with Gasteiger partial charge in [-0.3, -0.25) is 14.4 Å². The van der Waals surface area contributed by atoms with E-state index in [0.717, 1.165) is 0 Å². The molecule has 138 valence electrons. The van der Waals surface area contributed by atoms with Crippen LogP contribution in [0.2, 0.25) is 0 Å². The first-order valence-corrected chi connectivity index (χ1v) is 9.58. The zero-order valence-electron chi connectivity index (χ0n) is 14.5. The lowest BCUT2D eigenvalue weighted by Crippen LogP contribution is -2.48. The van der Waals surface area contributed by atoms with Crippen molar-refractivity contribution in [1.82, 2.24) is 5.32 Å². The van der Waals surface area contributed by atoms with Gasteiger partial charge >= 0.3 is 5.97 Å². The molecule has 2 atom stereocenters. The third-order valence-corrected chi connectivity index (χ3v) is 4.92. The van der Waals surface area contributed by atoms with Gasteiger partial charge in [0.05, 0.1) is 6.04 Å². The van der Waals surface area contributed by atoms with Crippen LogP contribution < -0.4 is 11.1 Å². The van der Waals surface area contributed by atoms with Crippen molar-refractivity contribution >= 4 is 29.4 Å². The highest BCUT2D eigenvalue weighted by Gasteiger charge is 2.46. The number of carboxylic acid groups (broad SMARTS) is 1. The number of nitrogens with two attached hydrogens (primary N) is 1. The highest BCUT2D eigenvalue weighted by molar-refractivity contribution is 7.98. The number of carboxylic acids is 1. The minimum Gasteiger partial charge on any atom is -0.480 e. The van der Waals surface area contributed by atoms with Crippen molar-refractivity contribution in [2.45, 2.75) is 18.9 Å². The van der Waals surface area contributed by atoms with Crippen molar-refractivity contribution in [2.75, 3.05) is 12.0 Å². The van der Waals surface area contributed by atoms with Crippen LogP contribution in [0, 0.1) is 5.41 Å². The van der Waals surface area contributed by atoms with E-state index in [4.69, 9.17) is 5.73 Å². The molecule has 1 aliphatic rings. The summed E-state index contributed by atoms with van der Waals surface area (Å²) >= 11 is 1.55. The molecule has 1 aromatic rings. The molecule has 0 fully saturated rings. The number of thioether (sulfide) groups is 1. The lowest BCUT2D eigenvalue weighted by atomic mass is 9.74. The van der Waals surface area contributed by atoms with E-state index in [0.29, 0.717) is 23.4 Å². The van der Waals surface area contributed by atoms with Crippen molar-refractivity contribution in [3.05, 3.63) is 59.8 Å². The molecule has 1 amide bonds. The van der Waals surface area contributed by atoms with Crippen molar-refractivity contribution in [2.24, 2.45) is 11.1 Å². The van der Waals surface area contributed by atoms with E-state index in [1.54, 1.807) is 42.1 Å². The van der Waals surface area contributed by atoms with E-state index in [2.05, 4.69) is 5.32 Å². The number of ketones is 1. The van der Waals surface area contributed by atoms with Crippen LogP contribution in [0.5, 0.6) is 0 Å². The van der Waals surface area contributed by atoms with E-state index >= 15 is 0 Å². The molecule has 6 nitrogen and oxygen atoms in total. The molecule has 0 bridgehead atoms. The first-order valence-electron chi connectivity index (χ1n) is 8.19. The van der Waals surface area contributed by atoms with Gasteiger partial charge in [0, 0.05) is 11.3 Å². The van der Waals surface area contributed by atoms with Gasteiger partial charge in [-0.05, 0) is 43.1 Å². The number of benzene rings is 1. The Hall–Kier alpha value is -2.38. The highest BCUT2D eigenvalue weighted by Crippen LogP contribution is 2.32. The average molecular weight is 374 g/mol. The van der Waals surface area contributed by atoms with Gasteiger partial charge in [0.1, 0.15) is 5.41 Å². The van der Waals surface area contributed by atoms with E-state index in [-0.39, 0.29) is 12.3 Å². The average Bonchev–Trinajstić information content (AvgIpc) is 2.66. The van der Waals surface area contributed by atoms with Gasteiger partial charge in [-0.2, -0.15) is 11.8 Å². The second-order valence-electron chi connectivity index (χ2n) is 6.05. The molecule has 2 rings (SSSR count). The first-order chi connectivity index (χ1) is 12.4. The molecule has 1 aromatic carbocycles. The van der Waals surface area contributed by atoms with Gasteiger partial charge in [0.2, 0.25) is 0 Å². The van der Waals surface area contributed by atoms with Crippen molar-refractivity contribution < 1.29 is 19.5 Å². The van der Waals surface area contributed by atoms with Crippen LogP contribution in [0.4, 0.5) is 0 Å². The molecule has 1 aliphatic carbocycles. The van der Waals surface area contributed by atoms with E-state index in [1.165, 1.54) is 12.2 Å². The molecule has 4 N–H and O–H groups in total. The molecular weight excluding hydrogens is 352 g/mol. The quantitative estimate of drug-likeness (QED) is 0.600. The van der Waals surface area contributed by atoms with Crippen LogP contribution in [0.25, 0.3) is 0 Å². The Morgan fingerprint density at radius 3 is 2.54 bits per heavy atom. The Bertz CT molecular complexity index is 745. The van der Waals surface area contributed by atoms with Crippen LogP contribution in [0.1, 0.15) is 23.2 Å². The maximum absolute atomic E-state index is 12.6. The predicted octanol–water partition coefficient (Wildman–Crippen LogP) is 1.98. The predicted molar refractivity (Wildman–Crippen MR) is 102 cm³/mol. The number of carbonyl (C=O) groups excluding carboxylic acids is 2. The minimum absolute atomic E-state index is 0.0466. The minimum atomic E-state index is -1.68. The van der Waals surface area contributed by atoms with Gasteiger partial charge in [-0.1, -0.05) is 30.4 Å².